The standard InChI is InChI=1S/C12H24N2O3/c1-2-3-4-5-6-7-12(17)14-10(9-15)8-11(13)16/h10,15H,2-9H2,1H3,(H2,13,16)(H,14,17)/t10-/m1/s1. The molecule has 0 bridgehead atoms. The van der Waals surface area contributed by atoms with E-state index in [2.05, 4.69) is 12.2 Å². The summed E-state index contributed by atoms with van der Waals surface area (Å²) in [4.78, 5) is 22.1. The molecule has 100 valence electrons. The van der Waals surface area contributed by atoms with Crippen LogP contribution in [0.4, 0.5) is 0 Å². The maximum atomic E-state index is 11.5. The van der Waals surface area contributed by atoms with Gasteiger partial charge in [-0.3, -0.25) is 9.59 Å². The fourth-order valence-corrected chi connectivity index (χ4v) is 1.59. The number of amides is 2. The molecule has 17 heavy (non-hydrogen) atoms. The Hall–Kier alpha value is -1.10. The van der Waals surface area contributed by atoms with Crippen molar-refractivity contribution in [3.63, 3.8) is 0 Å². The Bertz CT molecular complexity index is 232. The molecule has 0 fully saturated rings. The van der Waals surface area contributed by atoms with E-state index in [9.17, 15) is 9.59 Å². The number of carbonyl (C=O) groups excluding carboxylic acids is 2. The molecule has 0 heterocycles. The molecular formula is C12H24N2O3. The minimum absolute atomic E-state index is 0.0158. The van der Waals surface area contributed by atoms with Crippen molar-refractivity contribution in [2.45, 2.75) is 57.9 Å². The molecular weight excluding hydrogens is 220 g/mol. The monoisotopic (exact) mass is 244 g/mol. The van der Waals surface area contributed by atoms with Crippen molar-refractivity contribution in [1.82, 2.24) is 5.32 Å². The minimum atomic E-state index is -0.546. The fourth-order valence-electron chi connectivity index (χ4n) is 1.59. The lowest BCUT2D eigenvalue weighted by Gasteiger charge is -2.14. The van der Waals surface area contributed by atoms with Crippen LogP contribution in [-0.4, -0.2) is 29.6 Å². The maximum Gasteiger partial charge on any atom is 0.220 e. The Morgan fingerprint density at radius 2 is 1.88 bits per heavy atom. The van der Waals surface area contributed by atoms with Crippen LogP contribution in [0, 0.1) is 0 Å². The summed E-state index contributed by atoms with van der Waals surface area (Å²) in [6, 6.07) is -0.546. The van der Waals surface area contributed by atoms with Crippen LogP contribution >= 0.6 is 0 Å². The number of hydrogen-bond acceptors (Lipinski definition) is 3. The Balaban J connectivity index is 3.64. The largest absolute Gasteiger partial charge is 0.394 e. The summed E-state index contributed by atoms with van der Waals surface area (Å²) >= 11 is 0. The topological polar surface area (TPSA) is 92.4 Å². The highest BCUT2D eigenvalue weighted by Crippen LogP contribution is 2.05. The van der Waals surface area contributed by atoms with E-state index in [1.54, 1.807) is 0 Å². The number of aliphatic hydroxyl groups excluding tert-OH is 1. The van der Waals surface area contributed by atoms with Gasteiger partial charge in [-0.15, -0.1) is 0 Å². The van der Waals surface area contributed by atoms with Gasteiger partial charge in [0.15, 0.2) is 0 Å². The zero-order chi connectivity index (χ0) is 13.1. The maximum absolute atomic E-state index is 11.5. The van der Waals surface area contributed by atoms with Gasteiger partial charge in [-0.2, -0.15) is 0 Å². The first-order valence-electron chi connectivity index (χ1n) is 6.28. The Labute approximate surface area is 103 Å². The van der Waals surface area contributed by atoms with Gasteiger partial charge in [-0.05, 0) is 6.42 Å². The van der Waals surface area contributed by atoms with Gasteiger partial charge in [0.1, 0.15) is 0 Å². The summed E-state index contributed by atoms with van der Waals surface area (Å²) < 4.78 is 0. The fraction of sp³-hybridized carbons (Fsp3) is 0.833. The van der Waals surface area contributed by atoms with Gasteiger partial charge in [-0.1, -0.05) is 32.6 Å². The third-order valence-corrected chi connectivity index (χ3v) is 2.54. The van der Waals surface area contributed by atoms with E-state index < -0.39 is 11.9 Å². The lowest BCUT2D eigenvalue weighted by Crippen LogP contribution is -2.40. The Morgan fingerprint density at radius 1 is 1.24 bits per heavy atom. The second-order valence-electron chi connectivity index (χ2n) is 4.28. The molecule has 5 nitrogen and oxygen atoms in total. The third kappa shape index (κ3) is 9.81. The first kappa shape index (κ1) is 15.9. The van der Waals surface area contributed by atoms with Crippen molar-refractivity contribution in [1.29, 1.82) is 0 Å². The Morgan fingerprint density at radius 3 is 2.41 bits per heavy atom. The van der Waals surface area contributed by atoms with Crippen molar-refractivity contribution < 1.29 is 14.7 Å². The zero-order valence-electron chi connectivity index (χ0n) is 10.6. The number of nitrogens with one attached hydrogen (secondary N) is 1. The summed E-state index contributed by atoms with van der Waals surface area (Å²) in [5.74, 6) is -0.644. The number of unbranched alkanes of at least 4 members (excludes halogenated alkanes) is 4. The van der Waals surface area contributed by atoms with E-state index >= 15 is 0 Å². The smallest absolute Gasteiger partial charge is 0.220 e. The summed E-state index contributed by atoms with van der Waals surface area (Å²) in [7, 11) is 0. The summed E-state index contributed by atoms with van der Waals surface area (Å²) in [6.07, 6.45) is 5.84. The van der Waals surface area contributed by atoms with Gasteiger partial charge in [-0.25, -0.2) is 0 Å². The van der Waals surface area contributed by atoms with Gasteiger partial charge >= 0.3 is 0 Å². The molecule has 0 unspecified atom stereocenters. The molecule has 0 aliphatic rings. The quantitative estimate of drug-likeness (QED) is 0.494. The predicted molar refractivity (Wildman–Crippen MR) is 66.2 cm³/mol. The molecule has 5 heteroatoms. The molecule has 1 atom stereocenters. The highest BCUT2D eigenvalue weighted by atomic mass is 16.3. The number of primary amides is 1. The van der Waals surface area contributed by atoms with Crippen molar-refractivity contribution in [3.8, 4) is 0 Å². The third-order valence-electron chi connectivity index (χ3n) is 2.54. The average Bonchev–Trinajstić information content (AvgIpc) is 2.27. The molecule has 0 spiro atoms. The molecule has 0 aromatic heterocycles. The van der Waals surface area contributed by atoms with Gasteiger partial charge in [0, 0.05) is 12.8 Å². The first-order chi connectivity index (χ1) is 8.10. The zero-order valence-corrected chi connectivity index (χ0v) is 10.6. The van der Waals surface area contributed by atoms with E-state index in [0.29, 0.717) is 6.42 Å². The molecule has 0 saturated heterocycles. The molecule has 0 aromatic rings. The van der Waals surface area contributed by atoms with E-state index in [1.807, 2.05) is 0 Å². The van der Waals surface area contributed by atoms with E-state index in [-0.39, 0.29) is 18.9 Å². The molecule has 0 aromatic carbocycles. The predicted octanol–water partition coefficient (Wildman–Crippen LogP) is 0.699. The molecule has 0 aliphatic carbocycles. The van der Waals surface area contributed by atoms with E-state index in [0.717, 1.165) is 19.3 Å². The highest BCUT2D eigenvalue weighted by molar-refractivity contribution is 5.78. The van der Waals surface area contributed by atoms with Crippen LogP contribution in [-0.2, 0) is 9.59 Å². The average molecular weight is 244 g/mol. The van der Waals surface area contributed by atoms with E-state index in [4.69, 9.17) is 10.8 Å². The van der Waals surface area contributed by atoms with Gasteiger partial charge in [0.25, 0.3) is 0 Å². The molecule has 0 saturated carbocycles. The normalized spacial score (nSPS) is 12.1. The van der Waals surface area contributed by atoms with Crippen molar-refractivity contribution in [2.24, 2.45) is 5.73 Å². The number of rotatable bonds is 10. The lowest BCUT2D eigenvalue weighted by molar-refractivity contribution is -0.123. The summed E-state index contributed by atoms with van der Waals surface area (Å²) in [5, 5.41) is 11.5. The minimum Gasteiger partial charge on any atom is -0.394 e. The first-order valence-corrected chi connectivity index (χ1v) is 6.28. The van der Waals surface area contributed by atoms with Crippen LogP contribution in [0.3, 0.4) is 0 Å². The van der Waals surface area contributed by atoms with Gasteiger partial charge < -0.3 is 16.2 Å². The second-order valence-corrected chi connectivity index (χ2v) is 4.28. The SMILES string of the molecule is CCCCCCCC(=O)N[C@@H](CO)CC(N)=O. The van der Waals surface area contributed by atoms with Crippen LogP contribution in [0.1, 0.15) is 51.9 Å². The van der Waals surface area contributed by atoms with E-state index in [1.165, 1.54) is 12.8 Å². The van der Waals surface area contributed by atoms with Crippen LogP contribution in [0.5, 0.6) is 0 Å². The number of nitrogens with two attached hydrogens (primary N) is 1. The van der Waals surface area contributed by atoms with Crippen molar-refractivity contribution in [3.05, 3.63) is 0 Å². The van der Waals surface area contributed by atoms with Crippen molar-refractivity contribution in [2.75, 3.05) is 6.61 Å². The number of hydrogen-bond donors (Lipinski definition) is 3. The molecule has 0 radical (unpaired) electrons. The van der Waals surface area contributed by atoms with Crippen LogP contribution < -0.4 is 11.1 Å². The van der Waals surface area contributed by atoms with Crippen LogP contribution in [0.2, 0.25) is 0 Å². The number of aliphatic hydroxyl groups is 1. The number of carbonyl (C=O) groups is 2. The summed E-state index contributed by atoms with van der Waals surface area (Å²) in [6.45, 7) is 1.88. The van der Waals surface area contributed by atoms with Gasteiger partial charge in [0.05, 0.1) is 12.6 Å². The van der Waals surface area contributed by atoms with Crippen LogP contribution in [0.15, 0.2) is 0 Å². The van der Waals surface area contributed by atoms with Crippen molar-refractivity contribution >= 4 is 11.8 Å². The summed E-state index contributed by atoms with van der Waals surface area (Å²) in [5.41, 5.74) is 5.00. The molecule has 2 amide bonds. The Kier molecular flexibility index (Phi) is 9.43. The lowest BCUT2D eigenvalue weighted by atomic mass is 10.1. The second kappa shape index (κ2) is 10.1. The molecule has 0 rings (SSSR count). The highest BCUT2D eigenvalue weighted by Gasteiger charge is 2.13. The van der Waals surface area contributed by atoms with Crippen LogP contribution in [0.25, 0.3) is 0 Å². The molecule has 4 N–H and O–H groups in total. The molecule has 0 aliphatic heterocycles. The van der Waals surface area contributed by atoms with Gasteiger partial charge in [0.2, 0.25) is 11.8 Å².